The van der Waals surface area contributed by atoms with Gasteiger partial charge in [-0.25, -0.2) is 13.1 Å². The average Bonchev–Trinajstić information content (AvgIpc) is 3.00. The Morgan fingerprint density at radius 3 is 2.62 bits per heavy atom. The summed E-state index contributed by atoms with van der Waals surface area (Å²) in [6.07, 6.45) is 3.84. The third-order valence-corrected chi connectivity index (χ3v) is 5.11. The second-order valence-corrected chi connectivity index (χ2v) is 7.54. The molecule has 1 aliphatic rings. The molecule has 1 fully saturated rings. The van der Waals surface area contributed by atoms with E-state index in [1.807, 2.05) is 13.8 Å². The molecule has 2 heterocycles. The summed E-state index contributed by atoms with van der Waals surface area (Å²) in [6.45, 7) is 5.82. The molecule has 1 aromatic rings. The molecule has 1 atom stereocenters. The lowest BCUT2D eigenvalue weighted by Gasteiger charge is -2.14. The van der Waals surface area contributed by atoms with Gasteiger partial charge in [-0.2, -0.15) is 5.10 Å². The van der Waals surface area contributed by atoms with Gasteiger partial charge in [0, 0.05) is 18.8 Å². The number of nitrogens with two attached hydrogens (primary N) is 1. The minimum absolute atomic E-state index is 0.114. The van der Waals surface area contributed by atoms with E-state index in [0.717, 1.165) is 32.4 Å². The van der Waals surface area contributed by atoms with Crippen molar-refractivity contribution >= 4 is 21.5 Å². The summed E-state index contributed by atoms with van der Waals surface area (Å²) in [5.74, 6) is 0.621. The summed E-state index contributed by atoms with van der Waals surface area (Å²) in [4.78, 5) is 0.126. The van der Waals surface area contributed by atoms with E-state index in [4.69, 9.17) is 5.73 Å². The van der Waals surface area contributed by atoms with Gasteiger partial charge in [0.25, 0.3) is 0 Å². The zero-order valence-corrected chi connectivity index (χ0v) is 13.7. The molecule has 1 saturated heterocycles. The number of sulfone groups is 1. The lowest BCUT2D eigenvalue weighted by atomic mass is 10.2. The van der Waals surface area contributed by atoms with Crippen LogP contribution >= 0.6 is 0 Å². The van der Waals surface area contributed by atoms with Gasteiger partial charge in [-0.1, -0.05) is 13.8 Å². The Hall–Kier alpha value is -1.28. The first-order valence-corrected chi connectivity index (χ1v) is 9.32. The van der Waals surface area contributed by atoms with Gasteiger partial charge in [0.2, 0.25) is 0 Å². The average molecular weight is 315 g/mol. The van der Waals surface area contributed by atoms with Gasteiger partial charge in [0.05, 0.1) is 6.04 Å². The van der Waals surface area contributed by atoms with E-state index in [0.29, 0.717) is 5.82 Å². The fraction of sp³-hybridized carbons (Fsp3) is 0.769. The highest BCUT2D eigenvalue weighted by Gasteiger charge is 2.28. The number of hydrogen-bond donors (Lipinski definition) is 3. The molecule has 8 heteroatoms. The molecule has 0 spiro atoms. The Bertz CT molecular complexity index is 586. The van der Waals surface area contributed by atoms with Crippen LogP contribution in [-0.4, -0.2) is 43.6 Å². The van der Waals surface area contributed by atoms with E-state index in [2.05, 4.69) is 15.7 Å². The number of hydrogen-bond acceptors (Lipinski definition) is 6. The van der Waals surface area contributed by atoms with Crippen molar-refractivity contribution in [1.82, 2.24) is 15.1 Å². The van der Waals surface area contributed by atoms with Crippen molar-refractivity contribution in [3.8, 4) is 0 Å². The standard InChI is InChI=1S/C13H25N5O2S/c1-4-10(5-2)18-12(14)11(21(3,19)20)13(17-18)16-9-6-7-15-8-9/h9-10,15H,4-8,14H2,1-3H3,(H,16,17). The molecule has 0 bridgehead atoms. The van der Waals surface area contributed by atoms with E-state index in [1.165, 1.54) is 6.26 Å². The molecule has 0 aliphatic carbocycles. The summed E-state index contributed by atoms with van der Waals surface area (Å²) in [5, 5.41) is 10.9. The zero-order chi connectivity index (χ0) is 15.6. The fourth-order valence-electron chi connectivity index (χ4n) is 2.78. The monoisotopic (exact) mass is 315 g/mol. The summed E-state index contributed by atoms with van der Waals surface area (Å²) in [7, 11) is -3.43. The van der Waals surface area contributed by atoms with Crippen molar-refractivity contribution < 1.29 is 8.42 Å². The van der Waals surface area contributed by atoms with Crippen LogP contribution in [-0.2, 0) is 9.84 Å². The van der Waals surface area contributed by atoms with Gasteiger partial charge in [0.1, 0.15) is 5.82 Å². The minimum atomic E-state index is -3.43. The number of anilines is 2. The quantitative estimate of drug-likeness (QED) is 0.724. The highest BCUT2D eigenvalue weighted by molar-refractivity contribution is 7.91. The van der Waals surface area contributed by atoms with Gasteiger partial charge in [-0.3, -0.25) is 0 Å². The Morgan fingerprint density at radius 2 is 2.14 bits per heavy atom. The number of aromatic nitrogens is 2. The maximum Gasteiger partial charge on any atom is 0.182 e. The first kappa shape index (κ1) is 16.1. The van der Waals surface area contributed by atoms with Crippen LogP contribution in [0, 0.1) is 0 Å². The van der Waals surface area contributed by atoms with E-state index in [9.17, 15) is 8.42 Å². The van der Waals surface area contributed by atoms with E-state index in [-0.39, 0.29) is 22.8 Å². The van der Waals surface area contributed by atoms with E-state index >= 15 is 0 Å². The number of nitrogen functional groups attached to an aromatic ring is 1. The minimum Gasteiger partial charge on any atom is -0.383 e. The van der Waals surface area contributed by atoms with Crippen molar-refractivity contribution in [1.29, 1.82) is 0 Å². The zero-order valence-electron chi connectivity index (χ0n) is 12.9. The number of nitrogens with one attached hydrogen (secondary N) is 2. The van der Waals surface area contributed by atoms with E-state index < -0.39 is 9.84 Å². The highest BCUT2D eigenvalue weighted by atomic mass is 32.2. The Kier molecular flexibility index (Phi) is 4.77. The predicted molar refractivity (Wildman–Crippen MR) is 84.3 cm³/mol. The first-order chi connectivity index (χ1) is 9.88. The van der Waals surface area contributed by atoms with E-state index in [1.54, 1.807) is 4.68 Å². The lowest BCUT2D eigenvalue weighted by Crippen LogP contribution is -2.23. The molecule has 0 aromatic carbocycles. The molecule has 120 valence electrons. The number of nitrogens with zero attached hydrogens (tertiary/aromatic N) is 2. The Balaban J connectivity index is 2.44. The Labute approximate surface area is 126 Å². The topological polar surface area (TPSA) is 102 Å². The first-order valence-electron chi connectivity index (χ1n) is 7.43. The van der Waals surface area contributed by atoms with Crippen molar-refractivity contribution in [2.24, 2.45) is 0 Å². The maximum absolute atomic E-state index is 12.1. The second kappa shape index (κ2) is 6.23. The molecule has 7 nitrogen and oxygen atoms in total. The van der Waals surface area contributed by atoms with Gasteiger partial charge < -0.3 is 16.4 Å². The van der Waals surface area contributed by atoms with Gasteiger partial charge in [0.15, 0.2) is 20.6 Å². The normalized spacial score (nSPS) is 19.3. The lowest BCUT2D eigenvalue weighted by molar-refractivity contribution is 0.434. The highest BCUT2D eigenvalue weighted by Crippen LogP contribution is 2.32. The smallest absolute Gasteiger partial charge is 0.182 e. The molecule has 0 saturated carbocycles. The van der Waals surface area contributed by atoms with Gasteiger partial charge >= 0.3 is 0 Å². The molecule has 1 aliphatic heterocycles. The summed E-state index contributed by atoms with van der Waals surface area (Å²) >= 11 is 0. The molecular formula is C13H25N5O2S. The summed E-state index contributed by atoms with van der Waals surface area (Å²) < 4.78 is 25.8. The second-order valence-electron chi connectivity index (χ2n) is 5.58. The third kappa shape index (κ3) is 3.32. The van der Waals surface area contributed by atoms with Gasteiger partial charge in [-0.15, -0.1) is 0 Å². The van der Waals surface area contributed by atoms with Crippen molar-refractivity contribution in [2.45, 2.75) is 50.1 Å². The SMILES string of the molecule is CCC(CC)n1nc(NC2CCNC2)c(S(C)(=O)=O)c1N. The molecule has 2 rings (SSSR count). The van der Waals surface area contributed by atoms with Crippen LogP contribution in [0.15, 0.2) is 4.90 Å². The number of rotatable bonds is 6. The molecule has 1 unspecified atom stereocenters. The predicted octanol–water partition coefficient (Wildman–Crippen LogP) is 1.00. The molecule has 0 radical (unpaired) electrons. The van der Waals surface area contributed by atoms with Crippen LogP contribution in [0.5, 0.6) is 0 Å². The maximum atomic E-state index is 12.1. The van der Waals surface area contributed by atoms with Crippen LogP contribution in [0.4, 0.5) is 11.6 Å². The summed E-state index contributed by atoms with van der Waals surface area (Å²) in [6, 6.07) is 0.303. The molecular weight excluding hydrogens is 290 g/mol. The molecule has 0 amide bonds. The fourth-order valence-corrected chi connectivity index (χ4v) is 3.70. The molecule has 1 aromatic heterocycles. The van der Waals surface area contributed by atoms with Crippen LogP contribution in [0.1, 0.15) is 39.2 Å². The van der Waals surface area contributed by atoms with Crippen LogP contribution in [0.3, 0.4) is 0 Å². The molecule has 21 heavy (non-hydrogen) atoms. The van der Waals surface area contributed by atoms with Gasteiger partial charge in [-0.05, 0) is 25.8 Å². The van der Waals surface area contributed by atoms with Crippen molar-refractivity contribution in [3.63, 3.8) is 0 Å². The Morgan fingerprint density at radius 1 is 1.48 bits per heavy atom. The van der Waals surface area contributed by atoms with Crippen molar-refractivity contribution in [3.05, 3.63) is 0 Å². The third-order valence-electron chi connectivity index (χ3n) is 3.96. The van der Waals surface area contributed by atoms with Crippen LogP contribution in [0.2, 0.25) is 0 Å². The molecule has 4 N–H and O–H groups in total. The largest absolute Gasteiger partial charge is 0.383 e. The van der Waals surface area contributed by atoms with Crippen LogP contribution < -0.4 is 16.4 Å². The summed E-state index contributed by atoms with van der Waals surface area (Å²) in [5.41, 5.74) is 6.08. The van der Waals surface area contributed by atoms with Crippen LogP contribution in [0.25, 0.3) is 0 Å². The van der Waals surface area contributed by atoms with Crippen molar-refractivity contribution in [2.75, 3.05) is 30.4 Å².